The van der Waals surface area contributed by atoms with Crippen molar-refractivity contribution in [1.82, 2.24) is 20.0 Å². The van der Waals surface area contributed by atoms with Crippen LogP contribution in [0.1, 0.15) is 27.3 Å². The van der Waals surface area contributed by atoms with E-state index in [2.05, 4.69) is 33.3 Å². The number of piperazine rings is 1. The van der Waals surface area contributed by atoms with Crippen molar-refractivity contribution in [2.45, 2.75) is 20.4 Å². The number of nitrogens with one attached hydrogen (secondary N) is 1. The molecule has 32 heavy (non-hydrogen) atoms. The summed E-state index contributed by atoms with van der Waals surface area (Å²) in [5.74, 6) is -1.67. The summed E-state index contributed by atoms with van der Waals surface area (Å²) < 4.78 is 28.9. The molecule has 1 N–H and O–H groups in total. The van der Waals surface area contributed by atoms with Crippen LogP contribution in [0.5, 0.6) is 0 Å². The highest BCUT2D eigenvalue weighted by atomic mass is 19.1. The number of benzene rings is 2. The van der Waals surface area contributed by atoms with E-state index in [1.807, 2.05) is 18.2 Å². The first-order valence-corrected chi connectivity index (χ1v) is 10.7. The Morgan fingerprint density at radius 1 is 1.03 bits per heavy atom. The summed E-state index contributed by atoms with van der Waals surface area (Å²) in [6.45, 7) is 7.66. The van der Waals surface area contributed by atoms with E-state index in [0.717, 1.165) is 43.5 Å². The van der Waals surface area contributed by atoms with Crippen molar-refractivity contribution < 1.29 is 13.6 Å². The zero-order valence-corrected chi connectivity index (χ0v) is 18.5. The maximum absolute atomic E-state index is 14.3. The number of rotatable bonds is 5. The summed E-state index contributed by atoms with van der Waals surface area (Å²) in [6.07, 6.45) is 0. The van der Waals surface area contributed by atoms with Crippen molar-refractivity contribution in [3.05, 3.63) is 76.6 Å². The number of carbonyl (C=O) groups excluding carboxylic acids is 1. The fraction of sp³-hybridized carbons (Fsp3) is 0.333. The number of para-hydroxylation sites is 1. The molecule has 0 saturated carbocycles. The van der Waals surface area contributed by atoms with Crippen LogP contribution in [0.15, 0.2) is 42.5 Å². The third-order valence-electron chi connectivity index (χ3n) is 5.93. The van der Waals surface area contributed by atoms with E-state index in [4.69, 9.17) is 0 Å². The summed E-state index contributed by atoms with van der Waals surface area (Å²) in [7, 11) is 2.12. The SMILES string of the molecule is Cc1nn(-c2ccc(F)cc2F)c(C)c1C(=O)NCc1ccccc1N1CCN(C)CC1. The van der Waals surface area contributed by atoms with Crippen LogP contribution in [0.2, 0.25) is 0 Å². The lowest BCUT2D eigenvalue weighted by molar-refractivity contribution is 0.0949. The lowest BCUT2D eigenvalue weighted by Gasteiger charge is -2.35. The Hall–Kier alpha value is -3.26. The Balaban J connectivity index is 1.53. The fourth-order valence-electron chi connectivity index (χ4n) is 4.14. The molecule has 0 bridgehead atoms. The summed E-state index contributed by atoms with van der Waals surface area (Å²) in [5, 5.41) is 7.32. The molecular formula is C24H27F2N5O. The molecule has 1 amide bonds. The molecular weight excluding hydrogens is 412 g/mol. The third kappa shape index (κ3) is 4.36. The van der Waals surface area contributed by atoms with E-state index >= 15 is 0 Å². The molecule has 8 heteroatoms. The van der Waals surface area contributed by atoms with Crippen molar-refractivity contribution in [2.24, 2.45) is 0 Å². The average molecular weight is 440 g/mol. The zero-order chi connectivity index (χ0) is 22.8. The molecule has 0 radical (unpaired) electrons. The second kappa shape index (κ2) is 9.08. The van der Waals surface area contributed by atoms with E-state index in [1.165, 1.54) is 16.8 Å². The Kier molecular flexibility index (Phi) is 6.23. The quantitative estimate of drug-likeness (QED) is 0.662. The molecule has 0 aliphatic carbocycles. The first-order valence-electron chi connectivity index (χ1n) is 10.7. The smallest absolute Gasteiger partial charge is 0.255 e. The minimum Gasteiger partial charge on any atom is -0.369 e. The highest BCUT2D eigenvalue weighted by molar-refractivity contribution is 5.96. The Labute approximate surface area is 186 Å². The predicted molar refractivity (Wildman–Crippen MR) is 120 cm³/mol. The molecule has 2 heterocycles. The molecule has 1 aliphatic rings. The molecule has 0 atom stereocenters. The first kappa shape index (κ1) is 22.0. The molecule has 0 spiro atoms. The van der Waals surface area contributed by atoms with Gasteiger partial charge in [-0.1, -0.05) is 18.2 Å². The lowest BCUT2D eigenvalue weighted by Crippen LogP contribution is -2.45. The van der Waals surface area contributed by atoms with E-state index in [9.17, 15) is 13.6 Å². The van der Waals surface area contributed by atoms with E-state index < -0.39 is 11.6 Å². The molecule has 1 saturated heterocycles. The van der Waals surface area contributed by atoms with Gasteiger partial charge in [0.2, 0.25) is 0 Å². The molecule has 6 nitrogen and oxygen atoms in total. The Morgan fingerprint density at radius 3 is 2.47 bits per heavy atom. The first-order chi connectivity index (χ1) is 15.3. The minimum absolute atomic E-state index is 0.103. The van der Waals surface area contributed by atoms with Gasteiger partial charge in [-0.3, -0.25) is 4.79 Å². The Morgan fingerprint density at radius 2 is 1.75 bits per heavy atom. The van der Waals surface area contributed by atoms with Crippen molar-refractivity contribution in [2.75, 3.05) is 38.1 Å². The van der Waals surface area contributed by atoms with Gasteiger partial charge in [0.25, 0.3) is 5.91 Å². The average Bonchev–Trinajstić information content (AvgIpc) is 3.06. The van der Waals surface area contributed by atoms with Crippen LogP contribution in [-0.2, 0) is 6.54 Å². The topological polar surface area (TPSA) is 53.4 Å². The standard InChI is InChI=1S/C24H27F2N5O/c1-16-23(17(2)31(28-16)22-9-8-19(25)14-20(22)26)24(32)27-15-18-6-4-5-7-21(18)30-12-10-29(3)11-13-30/h4-9,14H,10-13,15H2,1-3H3,(H,27,32). The largest absolute Gasteiger partial charge is 0.369 e. The predicted octanol–water partition coefficient (Wildman–Crippen LogP) is 3.45. The number of carbonyl (C=O) groups is 1. The van der Waals surface area contributed by atoms with Crippen molar-refractivity contribution in [1.29, 1.82) is 0 Å². The molecule has 2 aromatic carbocycles. The molecule has 1 fully saturated rings. The van der Waals surface area contributed by atoms with Gasteiger partial charge in [0, 0.05) is 44.5 Å². The summed E-state index contributed by atoms with van der Waals surface area (Å²) in [6, 6.07) is 11.4. The number of hydrogen-bond donors (Lipinski definition) is 1. The molecule has 4 rings (SSSR count). The van der Waals surface area contributed by atoms with Crippen LogP contribution < -0.4 is 10.2 Å². The molecule has 0 unspecified atom stereocenters. The van der Waals surface area contributed by atoms with Crippen molar-refractivity contribution >= 4 is 11.6 Å². The van der Waals surface area contributed by atoms with Crippen molar-refractivity contribution in [3.63, 3.8) is 0 Å². The van der Waals surface area contributed by atoms with Crippen LogP contribution in [0.3, 0.4) is 0 Å². The lowest BCUT2D eigenvalue weighted by atomic mass is 10.1. The van der Waals surface area contributed by atoms with Gasteiger partial charge in [-0.05, 0) is 44.7 Å². The highest BCUT2D eigenvalue weighted by Gasteiger charge is 2.22. The number of anilines is 1. The van der Waals surface area contributed by atoms with Gasteiger partial charge in [0.15, 0.2) is 5.82 Å². The van der Waals surface area contributed by atoms with Gasteiger partial charge in [0.05, 0.1) is 17.0 Å². The van der Waals surface area contributed by atoms with Gasteiger partial charge in [0.1, 0.15) is 11.5 Å². The van der Waals surface area contributed by atoms with Crippen LogP contribution in [0.25, 0.3) is 5.69 Å². The second-order valence-electron chi connectivity index (χ2n) is 8.16. The molecule has 1 aliphatic heterocycles. The van der Waals surface area contributed by atoms with E-state index in [0.29, 0.717) is 23.5 Å². The van der Waals surface area contributed by atoms with Gasteiger partial charge < -0.3 is 15.1 Å². The number of hydrogen-bond acceptors (Lipinski definition) is 4. The summed E-state index contributed by atoms with van der Waals surface area (Å²) in [4.78, 5) is 17.7. The number of aryl methyl sites for hydroxylation is 1. The maximum atomic E-state index is 14.3. The van der Waals surface area contributed by atoms with E-state index in [1.54, 1.807) is 13.8 Å². The van der Waals surface area contributed by atoms with E-state index in [-0.39, 0.29) is 11.6 Å². The summed E-state index contributed by atoms with van der Waals surface area (Å²) >= 11 is 0. The van der Waals surface area contributed by atoms with Crippen LogP contribution in [-0.4, -0.2) is 53.8 Å². The zero-order valence-electron chi connectivity index (χ0n) is 18.5. The normalized spacial score (nSPS) is 14.6. The number of likely N-dealkylation sites (N-methyl/N-ethyl adjacent to an activating group) is 1. The molecule has 168 valence electrons. The number of amides is 1. The monoisotopic (exact) mass is 439 g/mol. The Bertz CT molecular complexity index is 1140. The number of nitrogens with zero attached hydrogens (tertiary/aromatic N) is 4. The minimum atomic E-state index is -0.733. The van der Waals surface area contributed by atoms with Gasteiger partial charge >= 0.3 is 0 Å². The van der Waals surface area contributed by atoms with Gasteiger partial charge in [-0.15, -0.1) is 0 Å². The van der Waals surface area contributed by atoms with Gasteiger partial charge in [-0.2, -0.15) is 5.10 Å². The van der Waals surface area contributed by atoms with Crippen LogP contribution in [0, 0.1) is 25.5 Å². The van der Waals surface area contributed by atoms with Crippen LogP contribution >= 0.6 is 0 Å². The number of aromatic nitrogens is 2. The molecule has 3 aromatic rings. The third-order valence-corrected chi connectivity index (χ3v) is 5.93. The highest BCUT2D eigenvalue weighted by Crippen LogP contribution is 2.23. The fourth-order valence-corrected chi connectivity index (χ4v) is 4.14. The van der Waals surface area contributed by atoms with Crippen LogP contribution in [0.4, 0.5) is 14.5 Å². The molecule has 1 aromatic heterocycles. The van der Waals surface area contributed by atoms with Crippen molar-refractivity contribution in [3.8, 4) is 5.69 Å². The maximum Gasteiger partial charge on any atom is 0.255 e. The second-order valence-corrected chi connectivity index (χ2v) is 8.16. The summed E-state index contributed by atoms with van der Waals surface area (Å²) in [5.41, 5.74) is 3.64. The van der Waals surface area contributed by atoms with Gasteiger partial charge in [-0.25, -0.2) is 13.5 Å². The number of halogens is 2.